The molecule has 1 saturated heterocycles. The average Bonchev–Trinajstić information content (AvgIpc) is 2.21. The standard InChI is InChI=1S/C10H11NO4/c12-5-6-1-7-2-9(13)10(14)3-8(7)11(15)4-6/h2-3,6,12,15H,1,4-5H2/t6-/m0/s1. The van der Waals surface area contributed by atoms with Gasteiger partial charge in [0.2, 0.25) is 11.6 Å². The number of carbonyl (C=O) groups is 2. The van der Waals surface area contributed by atoms with Crippen LogP contribution in [-0.4, -0.2) is 40.1 Å². The summed E-state index contributed by atoms with van der Waals surface area (Å²) < 4.78 is 0. The Morgan fingerprint density at radius 1 is 1.33 bits per heavy atom. The largest absolute Gasteiger partial charge is 0.396 e. The summed E-state index contributed by atoms with van der Waals surface area (Å²) >= 11 is 0. The van der Waals surface area contributed by atoms with Gasteiger partial charge in [-0.2, -0.15) is 0 Å². The molecule has 0 aromatic heterocycles. The van der Waals surface area contributed by atoms with E-state index < -0.39 is 11.6 Å². The second kappa shape index (κ2) is 3.60. The molecule has 1 fully saturated rings. The summed E-state index contributed by atoms with van der Waals surface area (Å²) in [6, 6.07) is 0. The first-order chi connectivity index (χ1) is 7.11. The van der Waals surface area contributed by atoms with Crippen LogP contribution in [0.4, 0.5) is 0 Å². The summed E-state index contributed by atoms with van der Waals surface area (Å²) in [6.45, 7) is 0.227. The number of allylic oxidation sites excluding steroid dienone is 3. The minimum Gasteiger partial charge on any atom is -0.396 e. The maximum absolute atomic E-state index is 11.1. The number of ketones is 2. The van der Waals surface area contributed by atoms with Crippen molar-refractivity contribution < 1.29 is 19.9 Å². The van der Waals surface area contributed by atoms with Crippen LogP contribution < -0.4 is 0 Å². The fourth-order valence-corrected chi connectivity index (χ4v) is 1.84. The summed E-state index contributed by atoms with van der Waals surface area (Å²) in [5.41, 5.74) is 0.997. The molecule has 15 heavy (non-hydrogen) atoms. The van der Waals surface area contributed by atoms with E-state index in [2.05, 4.69) is 0 Å². The van der Waals surface area contributed by atoms with E-state index in [-0.39, 0.29) is 19.1 Å². The first-order valence-electron chi connectivity index (χ1n) is 4.70. The lowest BCUT2D eigenvalue weighted by Gasteiger charge is -2.33. The lowest BCUT2D eigenvalue weighted by molar-refractivity contribution is -0.132. The summed E-state index contributed by atoms with van der Waals surface area (Å²) in [5.74, 6) is -1.28. The highest BCUT2D eigenvalue weighted by Gasteiger charge is 2.30. The summed E-state index contributed by atoms with van der Waals surface area (Å²) in [4.78, 5) is 22.2. The highest BCUT2D eigenvalue weighted by atomic mass is 16.5. The number of rotatable bonds is 1. The molecule has 0 radical (unpaired) electrons. The number of fused-ring (bicyclic) bond motifs is 1. The van der Waals surface area contributed by atoms with Crippen LogP contribution in [0.2, 0.25) is 0 Å². The van der Waals surface area contributed by atoms with Crippen LogP contribution in [0.25, 0.3) is 0 Å². The SMILES string of the molecule is O=C1C=C2C[C@H](CO)CN(O)C2=CC1=O. The number of hydroxylamine groups is 2. The Labute approximate surface area is 86.3 Å². The molecule has 0 saturated carbocycles. The molecule has 2 N–H and O–H groups in total. The number of hydrogen-bond acceptors (Lipinski definition) is 5. The second-order valence-corrected chi connectivity index (χ2v) is 3.76. The van der Waals surface area contributed by atoms with Gasteiger partial charge < -0.3 is 5.11 Å². The number of carbonyl (C=O) groups excluding carboxylic acids is 2. The smallest absolute Gasteiger partial charge is 0.227 e. The summed E-state index contributed by atoms with van der Waals surface area (Å²) in [6.07, 6.45) is 2.90. The highest BCUT2D eigenvalue weighted by Crippen LogP contribution is 2.30. The van der Waals surface area contributed by atoms with Crippen LogP contribution in [0.5, 0.6) is 0 Å². The van der Waals surface area contributed by atoms with Crippen molar-refractivity contribution in [2.24, 2.45) is 5.92 Å². The van der Waals surface area contributed by atoms with Gasteiger partial charge in [-0.15, -0.1) is 0 Å². The second-order valence-electron chi connectivity index (χ2n) is 3.76. The Morgan fingerprint density at radius 3 is 2.67 bits per heavy atom. The predicted octanol–water partition coefficient (Wildman–Crippen LogP) is -0.348. The van der Waals surface area contributed by atoms with Gasteiger partial charge in [-0.1, -0.05) is 0 Å². The third-order valence-electron chi connectivity index (χ3n) is 2.62. The molecule has 0 unspecified atom stereocenters. The molecule has 1 aliphatic heterocycles. The van der Waals surface area contributed by atoms with E-state index >= 15 is 0 Å². The maximum atomic E-state index is 11.1. The summed E-state index contributed by atoms with van der Waals surface area (Å²) in [5, 5.41) is 19.5. The summed E-state index contributed by atoms with van der Waals surface area (Å²) in [7, 11) is 0. The fourth-order valence-electron chi connectivity index (χ4n) is 1.84. The van der Waals surface area contributed by atoms with Crippen LogP contribution in [0.15, 0.2) is 23.4 Å². The van der Waals surface area contributed by atoms with E-state index in [1.807, 2.05) is 0 Å². The molecule has 1 atom stereocenters. The molecule has 0 amide bonds. The Hall–Kier alpha value is -1.46. The van der Waals surface area contributed by atoms with Gasteiger partial charge in [0, 0.05) is 18.6 Å². The molecule has 5 nitrogen and oxygen atoms in total. The molecular formula is C10H11NO4. The average molecular weight is 209 g/mol. The number of hydrogen-bond donors (Lipinski definition) is 2. The molecule has 0 bridgehead atoms. The van der Waals surface area contributed by atoms with Crippen molar-refractivity contribution in [1.29, 1.82) is 0 Å². The molecule has 1 heterocycles. The molecule has 0 aromatic carbocycles. The number of nitrogens with zero attached hydrogens (tertiary/aromatic N) is 1. The minimum atomic E-state index is -0.616. The third kappa shape index (κ3) is 1.71. The van der Waals surface area contributed by atoms with Gasteiger partial charge in [-0.25, -0.2) is 0 Å². The highest BCUT2D eigenvalue weighted by molar-refractivity contribution is 6.46. The van der Waals surface area contributed by atoms with Gasteiger partial charge in [0.05, 0.1) is 12.2 Å². The van der Waals surface area contributed by atoms with Gasteiger partial charge in [0.1, 0.15) is 0 Å². The molecular weight excluding hydrogens is 198 g/mol. The van der Waals surface area contributed by atoms with Gasteiger partial charge in [-0.05, 0) is 18.1 Å². The Bertz CT molecular complexity index is 383. The first-order valence-corrected chi connectivity index (χ1v) is 4.70. The van der Waals surface area contributed by atoms with Crippen LogP contribution in [0.1, 0.15) is 6.42 Å². The molecule has 80 valence electrons. The van der Waals surface area contributed by atoms with E-state index in [4.69, 9.17) is 5.11 Å². The zero-order valence-electron chi connectivity index (χ0n) is 8.01. The molecule has 2 rings (SSSR count). The van der Waals surface area contributed by atoms with Crippen molar-refractivity contribution in [2.75, 3.05) is 13.2 Å². The van der Waals surface area contributed by atoms with E-state index in [0.29, 0.717) is 17.7 Å². The number of piperidine rings is 1. The van der Waals surface area contributed by atoms with Crippen molar-refractivity contribution in [2.45, 2.75) is 6.42 Å². The molecule has 0 aromatic rings. The van der Waals surface area contributed by atoms with Crippen LogP contribution >= 0.6 is 0 Å². The van der Waals surface area contributed by atoms with E-state index in [1.165, 1.54) is 6.08 Å². The first kappa shape index (κ1) is 10.1. The van der Waals surface area contributed by atoms with Crippen molar-refractivity contribution in [3.8, 4) is 0 Å². The lowest BCUT2D eigenvalue weighted by Crippen LogP contribution is -2.36. The van der Waals surface area contributed by atoms with Crippen LogP contribution in [0, 0.1) is 5.92 Å². The van der Waals surface area contributed by atoms with Crippen molar-refractivity contribution in [1.82, 2.24) is 5.06 Å². The Morgan fingerprint density at radius 2 is 2.00 bits per heavy atom. The Kier molecular flexibility index (Phi) is 2.42. The van der Waals surface area contributed by atoms with Crippen molar-refractivity contribution in [3.05, 3.63) is 23.4 Å². The zero-order valence-corrected chi connectivity index (χ0v) is 8.01. The van der Waals surface area contributed by atoms with Crippen molar-refractivity contribution in [3.63, 3.8) is 0 Å². The quantitative estimate of drug-likeness (QED) is 0.456. The van der Waals surface area contributed by atoms with Crippen molar-refractivity contribution >= 4 is 11.6 Å². The molecule has 5 heteroatoms. The van der Waals surface area contributed by atoms with E-state index in [9.17, 15) is 14.8 Å². The number of aliphatic hydroxyl groups excluding tert-OH is 1. The predicted molar refractivity (Wildman–Crippen MR) is 49.9 cm³/mol. The Balaban J connectivity index is 2.31. The third-order valence-corrected chi connectivity index (χ3v) is 2.62. The zero-order chi connectivity index (χ0) is 11.0. The topological polar surface area (TPSA) is 77.8 Å². The van der Waals surface area contributed by atoms with Crippen LogP contribution in [-0.2, 0) is 9.59 Å². The van der Waals surface area contributed by atoms with Gasteiger partial charge >= 0.3 is 0 Å². The number of aliphatic hydroxyl groups is 1. The fraction of sp³-hybridized carbons (Fsp3) is 0.400. The molecule has 0 spiro atoms. The monoisotopic (exact) mass is 209 g/mol. The maximum Gasteiger partial charge on any atom is 0.227 e. The normalized spacial score (nSPS) is 26.0. The van der Waals surface area contributed by atoms with Crippen LogP contribution in [0.3, 0.4) is 0 Å². The van der Waals surface area contributed by atoms with Gasteiger partial charge in [0.25, 0.3) is 0 Å². The lowest BCUT2D eigenvalue weighted by atomic mass is 9.88. The van der Waals surface area contributed by atoms with E-state index in [1.54, 1.807) is 0 Å². The van der Waals surface area contributed by atoms with E-state index in [0.717, 1.165) is 11.1 Å². The molecule has 2 aliphatic rings. The molecule has 1 aliphatic carbocycles. The van der Waals surface area contributed by atoms with Gasteiger partial charge in [-0.3, -0.25) is 19.9 Å². The minimum absolute atomic E-state index is 0.0518. The van der Waals surface area contributed by atoms with Gasteiger partial charge in [0.15, 0.2) is 0 Å².